The third-order valence-corrected chi connectivity index (χ3v) is 4.81. The van der Waals surface area contributed by atoms with Crippen molar-refractivity contribution in [3.63, 3.8) is 0 Å². The van der Waals surface area contributed by atoms with Gasteiger partial charge in [0.25, 0.3) is 0 Å². The molecule has 1 heterocycles. The topological polar surface area (TPSA) is 102 Å². The predicted octanol–water partition coefficient (Wildman–Crippen LogP) is 3.23. The number of nitrogens with two attached hydrogens (primary N) is 1. The number of ketones is 2. The molecule has 0 saturated carbocycles. The van der Waals surface area contributed by atoms with Crippen LogP contribution in [-0.2, 0) is 4.74 Å². The van der Waals surface area contributed by atoms with Crippen molar-refractivity contribution in [2.24, 2.45) is 5.73 Å². The van der Waals surface area contributed by atoms with E-state index in [-0.39, 0.29) is 34.1 Å². The Hall–Kier alpha value is -3.85. The Morgan fingerprint density at radius 2 is 1.71 bits per heavy atom. The highest BCUT2D eigenvalue weighted by Crippen LogP contribution is 2.44. The molecule has 28 heavy (non-hydrogen) atoms. The predicted molar refractivity (Wildman–Crippen MR) is 100 cm³/mol. The van der Waals surface area contributed by atoms with E-state index < -0.39 is 11.7 Å². The Labute approximate surface area is 161 Å². The van der Waals surface area contributed by atoms with Crippen molar-refractivity contribution in [3.05, 3.63) is 88.0 Å². The minimum Gasteiger partial charge on any atom is -0.494 e. The minimum atomic E-state index is -0.783. The standard InChI is InChI=1S/C22H16N2O4/c1-2-27-13-9-7-12(8-10-13)17-16(11-23)22(24)28-21-18(17)19(25)14-5-3-4-6-15(14)20(21)26/h3-10,17H,2,24H2,1H3/t17-/m1/s1. The van der Waals surface area contributed by atoms with Gasteiger partial charge in [-0.25, -0.2) is 0 Å². The number of nitrogens with zero attached hydrogens (tertiary/aromatic N) is 1. The molecule has 0 radical (unpaired) electrons. The number of nitriles is 1. The molecule has 6 heteroatoms. The molecule has 0 fully saturated rings. The fourth-order valence-electron chi connectivity index (χ4n) is 3.56. The normalized spacial score (nSPS) is 18.2. The number of carbonyl (C=O) groups is 2. The van der Waals surface area contributed by atoms with Gasteiger partial charge in [0.05, 0.1) is 18.1 Å². The Balaban J connectivity index is 1.90. The van der Waals surface area contributed by atoms with Gasteiger partial charge in [-0.15, -0.1) is 0 Å². The molecule has 0 spiro atoms. The van der Waals surface area contributed by atoms with Gasteiger partial charge in [-0.2, -0.15) is 5.26 Å². The second-order valence-electron chi connectivity index (χ2n) is 6.37. The lowest BCUT2D eigenvalue weighted by Crippen LogP contribution is -2.32. The van der Waals surface area contributed by atoms with E-state index in [0.717, 1.165) is 0 Å². The largest absolute Gasteiger partial charge is 0.494 e. The summed E-state index contributed by atoms with van der Waals surface area (Å²) in [6, 6.07) is 15.6. The fraction of sp³-hybridized carbons (Fsp3) is 0.136. The van der Waals surface area contributed by atoms with E-state index in [2.05, 4.69) is 0 Å². The number of allylic oxidation sites excluding steroid dienone is 3. The molecule has 0 bridgehead atoms. The molecule has 4 rings (SSSR count). The second-order valence-corrected chi connectivity index (χ2v) is 6.37. The molecule has 0 amide bonds. The van der Waals surface area contributed by atoms with Crippen molar-refractivity contribution in [2.75, 3.05) is 6.61 Å². The van der Waals surface area contributed by atoms with Crippen molar-refractivity contribution in [1.29, 1.82) is 5.26 Å². The first kappa shape index (κ1) is 17.6. The van der Waals surface area contributed by atoms with Crippen LogP contribution >= 0.6 is 0 Å². The van der Waals surface area contributed by atoms with Gasteiger partial charge in [-0.3, -0.25) is 9.59 Å². The van der Waals surface area contributed by atoms with Gasteiger partial charge in [-0.1, -0.05) is 36.4 Å². The van der Waals surface area contributed by atoms with E-state index in [1.54, 1.807) is 48.5 Å². The molecule has 138 valence electrons. The van der Waals surface area contributed by atoms with E-state index in [9.17, 15) is 14.9 Å². The smallest absolute Gasteiger partial charge is 0.229 e. The number of Topliss-reactive ketones (excluding diaryl/α,β-unsaturated/α-hetero) is 2. The van der Waals surface area contributed by atoms with E-state index in [1.165, 1.54) is 0 Å². The lowest BCUT2D eigenvalue weighted by molar-refractivity contribution is 0.0897. The van der Waals surface area contributed by atoms with Crippen molar-refractivity contribution in [3.8, 4) is 11.8 Å². The van der Waals surface area contributed by atoms with Crippen LogP contribution in [0.5, 0.6) is 5.75 Å². The Kier molecular flexibility index (Phi) is 4.21. The molecule has 2 N–H and O–H groups in total. The lowest BCUT2D eigenvalue weighted by atomic mass is 9.75. The average Bonchev–Trinajstić information content (AvgIpc) is 2.72. The number of benzene rings is 2. The van der Waals surface area contributed by atoms with E-state index >= 15 is 0 Å². The van der Waals surface area contributed by atoms with Gasteiger partial charge in [0, 0.05) is 11.1 Å². The summed E-state index contributed by atoms with van der Waals surface area (Å²) < 4.78 is 10.9. The van der Waals surface area contributed by atoms with Gasteiger partial charge in [0.2, 0.25) is 11.7 Å². The summed E-state index contributed by atoms with van der Waals surface area (Å²) in [7, 11) is 0. The maximum atomic E-state index is 13.2. The molecule has 6 nitrogen and oxygen atoms in total. The van der Waals surface area contributed by atoms with Gasteiger partial charge < -0.3 is 15.2 Å². The van der Waals surface area contributed by atoms with Gasteiger partial charge >= 0.3 is 0 Å². The summed E-state index contributed by atoms with van der Waals surface area (Å²) in [6.07, 6.45) is 0. The maximum absolute atomic E-state index is 13.2. The Bertz CT molecular complexity index is 1100. The third-order valence-electron chi connectivity index (χ3n) is 4.81. The van der Waals surface area contributed by atoms with Crippen LogP contribution in [0.15, 0.2) is 71.3 Å². The SMILES string of the molecule is CCOc1ccc([C@@H]2C(C#N)=C(N)OC3=C2C(=O)c2ccccc2C3=O)cc1. The summed E-state index contributed by atoms with van der Waals surface area (Å²) in [5, 5.41) is 9.66. The fourth-order valence-corrected chi connectivity index (χ4v) is 3.56. The number of hydrogen-bond acceptors (Lipinski definition) is 6. The zero-order valence-corrected chi connectivity index (χ0v) is 15.1. The number of carbonyl (C=O) groups excluding carboxylic acids is 2. The van der Waals surface area contributed by atoms with Crippen LogP contribution in [0.25, 0.3) is 0 Å². The highest BCUT2D eigenvalue weighted by Gasteiger charge is 2.43. The van der Waals surface area contributed by atoms with Crippen LogP contribution in [0.1, 0.15) is 39.1 Å². The number of fused-ring (bicyclic) bond motifs is 1. The highest BCUT2D eigenvalue weighted by atomic mass is 16.5. The van der Waals surface area contributed by atoms with Crippen molar-refractivity contribution in [2.45, 2.75) is 12.8 Å². The highest BCUT2D eigenvalue weighted by molar-refractivity contribution is 6.27. The maximum Gasteiger partial charge on any atom is 0.229 e. The molecule has 0 saturated heterocycles. The summed E-state index contributed by atoms with van der Waals surface area (Å²) in [5.41, 5.74) is 7.40. The Morgan fingerprint density at radius 3 is 2.32 bits per heavy atom. The zero-order valence-electron chi connectivity index (χ0n) is 15.1. The Morgan fingerprint density at radius 1 is 1.07 bits per heavy atom. The molecular weight excluding hydrogens is 356 g/mol. The van der Waals surface area contributed by atoms with Crippen LogP contribution < -0.4 is 10.5 Å². The average molecular weight is 372 g/mol. The zero-order chi connectivity index (χ0) is 19.8. The third kappa shape index (κ3) is 2.57. The van der Waals surface area contributed by atoms with E-state index in [0.29, 0.717) is 23.5 Å². The number of ether oxygens (including phenoxy) is 2. The van der Waals surface area contributed by atoms with Crippen LogP contribution in [-0.4, -0.2) is 18.2 Å². The molecule has 2 aromatic rings. The van der Waals surface area contributed by atoms with Gasteiger partial charge in [-0.05, 0) is 24.6 Å². The molecular formula is C22H16N2O4. The molecule has 2 aromatic carbocycles. The monoisotopic (exact) mass is 372 g/mol. The number of hydrogen-bond donors (Lipinski definition) is 1. The quantitative estimate of drug-likeness (QED) is 0.887. The van der Waals surface area contributed by atoms with Crippen LogP contribution in [0, 0.1) is 11.3 Å². The van der Waals surface area contributed by atoms with Crippen LogP contribution in [0.3, 0.4) is 0 Å². The summed E-state index contributed by atoms with van der Waals surface area (Å²) >= 11 is 0. The minimum absolute atomic E-state index is 0.100. The molecule has 1 aliphatic carbocycles. The van der Waals surface area contributed by atoms with Crippen molar-refractivity contribution >= 4 is 11.6 Å². The molecule has 2 aliphatic rings. The molecule has 0 aromatic heterocycles. The number of rotatable bonds is 3. The van der Waals surface area contributed by atoms with Crippen LogP contribution in [0.4, 0.5) is 0 Å². The van der Waals surface area contributed by atoms with Gasteiger partial charge in [0.15, 0.2) is 11.5 Å². The van der Waals surface area contributed by atoms with E-state index in [4.69, 9.17) is 15.2 Å². The first-order valence-corrected chi connectivity index (χ1v) is 8.79. The molecule has 1 aliphatic heterocycles. The summed E-state index contributed by atoms with van der Waals surface area (Å²) in [4.78, 5) is 26.2. The van der Waals surface area contributed by atoms with Crippen molar-refractivity contribution in [1.82, 2.24) is 0 Å². The first-order chi connectivity index (χ1) is 13.6. The van der Waals surface area contributed by atoms with Crippen LogP contribution in [0.2, 0.25) is 0 Å². The van der Waals surface area contributed by atoms with Gasteiger partial charge in [0.1, 0.15) is 17.4 Å². The summed E-state index contributed by atoms with van der Waals surface area (Å²) in [6.45, 7) is 2.40. The molecule has 1 atom stereocenters. The van der Waals surface area contributed by atoms with Crippen molar-refractivity contribution < 1.29 is 19.1 Å². The first-order valence-electron chi connectivity index (χ1n) is 8.79. The summed E-state index contributed by atoms with van der Waals surface area (Å²) in [5.74, 6) is -1.15. The molecule has 0 unspecified atom stereocenters. The van der Waals surface area contributed by atoms with E-state index in [1.807, 2.05) is 13.0 Å². The second kappa shape index (κ2) is 6.71. The lowest BCUT2D eigenvalue weighted by Gasteiger charge is -2.30.